The molecule has 0 radical (unpaired) electrons. The summed E-state index contributed by atoms with van der Waals surface area (Å²) in [5.41, 5.74) is 1.77. The van der Waals surface area contributed by atoms with Crippen LogP contribution in [0.5, 0.6) is 5.75 Å². The Morgan fingerprint density at radius 3 is 2.73 bits per heavy atom. The van der Waals surface area contributed by atoms with Crippen LogP contribution in [-0.4, -0.2) is 37.0 Å². The molecule has 1 saturated heterocycles. The van der Waals surface area contributed by atoms with Gasteiger partial charge in [0.1, 0.15) is 5.75 Å². The van der Waals surface area contributed by atoms with Crippen molar-refractivity contribution in [2.75, 3.05) is 25.5 Å². The summed E-state index contributed by atoms with van der Waals surface area (Å²) >= 11 is 0. The Morgan fingerprint density at radius 2 is 1.96 bits per heavy atom. The number of imide groups is 1. The molecule has 0 saturated carbocycles. The van der Waals surface area contributed by atoms with Crippen LogP contribution in [0.2, 0.25) is 0 Å². The van der Waals surface area contributed by atoms with Gasteiger partial charge in [-0.05, 0) is 49.2 Å². The van der Waals surface area contributed by atoms with Crippen molar-refractivity contribution in [2.45, 2.75) is 18.9 Å². The number of para-hydroxylation sites is 1. The summed E-state index contributed by atoms with van der Waals surface area (Å²) in [6, 6.07) is 16.6. The first-order valence-electron chi connectivity index (χ1n) is 8.69. The lowest BCUT2D eigenvalue weighted by molar-refractivity contribution is -0.121. The molecule has 0 bridgehead atoms. The Balaban J connectivity index is 1.56. The molecule has 1 atom stereocenters. The molecule has 1 aliphatic rings. The molecule has 3 amide bonds. The Bertz CT molecular complexity index is 764. The highest BCUT2D eigenvalue weighted by molar-refractivity contribution is 6.01. The predicted octanol–water partition coefficient (Wildman–Crippen LogP) is 3.18. The van der Waals surface area contributed by atoms with Gasteiger partial charge in [0.25, 0.3) is 0 Å². The summed E-state index contributed by atoms with van der Waals surface area (Å²) in [7, 11) is 1.64. The van der Waals surface area contributed by atoms with Crippen molar-refractivity contribution in [2.24, 2.45) is 0 Å². The van der Waals surface area contributed by atoms with E-state index in [1.807, 2.05) is 42.5 Å². The number of amides is 3. The van der Waals surface area contributed by atoms with E-state index in [1.165, 1.54) is 0 Å². The Hall–Kier alpha value is -2.86. The van der Waals surface area contributed by atoms with Gasteiger partial charge in [-0.15, -0.1) is 0 Å². The van der Waals surface area contributed by atoms with E-state index < -0.39 is 6.03 Å². The van der Waals surface area contributed by atoms with E-state index in [0.717, 1.165) is 30.7 Å². The lowest BCUT2D eigenvalue weighted by Gasteiger charge is -2.24. The molecule has 2 aromatic carbocycles. The summed E-state index contributed by atoms with van der Waals surface area (Å²) in [4.78, 5) is 26.3. The number of methoxy groups -OCH3 is 1. The second kappa shape index (κ2) is 8.49. The number of likely N-dealkylation sites (tertiary alicyclic amines) is 1. The molecule has 3 rings (SSSR count). The van der Waals surface area contributed by atoms with Crippen LogP contribution in [-0.2, 0) is 4.79 Å². The van der Waals surface area contributed by atoms with Gasteiger partial charge >= 0.3 is 6.03 Å². The van der Waals surface area contributed by atoms with E-state index in [0.29, 0.717) is 5.69 Å². The molecule has 6 nitrogen and oxygen atoms in total. The van der Waals surface area contributed by atoms with Crippen LogP contribution in [0, 0.1) is 0 Å². The summed E-state index contributed by atoms with van der Waals surface area (Å²) in [5, 5.41) is 5.04. The topological polar surface area (TPSA) is 70.7 Å². The normalized spacial score (nSPS) is 16.9. The minimum atomic E-state index is -0.515. The molecule has 6 heteroatoms. The predicted molar refractivity (Wildman–Crippen MR) is 100 cm³/mol. The second-order valence-corrected chi connectivity index (χ2v) is 6.27. The third kappa shape index (κ3) is 4.61. The number of nitrogens with one attached hydrogen (secondary N) is 2. The van der Waals surface area contributed by atoms with Crippen molar-refractivity contribution in [3.8, 4) is 5.75 Å². The largest absolute Gasteiger partial charge is 0.497 e. The van der Waals surface area contributed by atoms with Crippen LogP contribution >= 0.6 is 0 Å². The lowest BCUT2D eigenvalue weighted by atomic mass is 10.0. The molecule has 2 N–H and O–H groups in total. The molecule has 1 fully saturated rings. The van der Waals surface area contributed by atoms with Gasteiger partial charge in [0.05, 0.1) is 13.7 Å². The fourth-order valence-electron chi connectivity index (χ4n) is 3.28. The van der Waals surface area contributed by atoms with Crippen LogP contribution in [0.25, 0.3) is 0 Å². The molecule has 136 valence electrons. The lowest BCUT2D eigenvalue weighted by Crippen LogP contribution is -2.41. The molecule has 1 unspecified atom stereocenters. The smallest absolute Gasteiger partial charge is 0.325 e. The number of hydrogen-bond donors (Lipinski definition) is 2. The van der Waals surface area contributed by atoms with Crippen molar-refractivity contribution >= 4 is 17.6 Å². The average molecular weight is 353 g/mol. The van der Waals surface area contributed by atoms with Crippen molar-refractivity contribution in [3.63, 3.8) is 0 Å². The quantitative estimate of drug-likeness (QED) is 0.866. The molecule has 0 aromatic heterocycles. The number of anilines is 1. The zero-order valence-corrected chi connectivity index (χ0v) is 14.8. The van der Waals surface area contributed by atoms with Gasteiger partial charge in [0.2, 0.25) is 5.91 Å². The average Bonchev–Trinajstić information content (AvgIpc) is 3.10. The summed E-state index contributed by atoms with van der Waals surface area (Å²) in [6.07, 6.45) is 2.00. The van der Waals surface area contributed by atoms with Crippen molar-refractivity contribution in [3.05, 3.63) is 60.2 Å². The van der Waals surface area contributed by atoms with Gasteiger partial charge < -0.3 is 10.1 Å². The number of rotatable bonds is 5. The standard InChI is InChI=1S/C20H23N3O3/c1-26-17-10-5-7-15(13-17)18-11-6-12-23(18)14-19(24)22-20(25)21-16-8-3-2-4-9-16/h2-5,7-10,13,18H,6,11-12,14H2,1H3,(H2,21,22,24,25). The van der Waals surface area contributed by atoms with Crippen molar-refractivity contribution in [1.29, 1.82) is 0 Å². The Labute approximate surface area is 153 Å². The Kier molecular flexibility index (Phi) is 5.86. The summed E-state index contributed by atoms with van der Waals surface area (Å²) < 4.78 is 5.29. The van der Waals surface area contributed by atoms with E-state index in [1.54, 1.807) is 19.2 Å². The SMILES string of the molecule is COc1cccc(C2CCCN2CC(=O)NC(=O)Nc2ccccc2)c1. The van der Waals surface area contributed by atoms with Gasteiger partial charge in [0, 0.05) is 11.7 Å². The number of urea groups is 1. The van der Waals surface area contributed by atoms with Crippen molar-refractivity contribution in [1.82, 2.24) is 10.2 Å². The first kappa shape index (κ1) is 17.9. The molecule has 0 spiro atoms. The van der Waals surface area contributed by atoms with E-state index >= 15 is 0 Å². The van der Waals surface area contributed by atoms with Gasteiger partial charge in [-0.3, -0.25) is 15.0 Å². The van der Waals surface area contributed by atoms with Crippen LogP contribution in [0.4, 0.5) is 10.5 Å². The first-order chi connectivity index (χ1) is 12.7. The van der Waals surface area contributed by atoms with Gasteiger partial charge in [0.15, 0.2) is 0 Å². The fourth-order valence-corrected chi connectivity index (χ4v) is 3.28. The number of ether oxygens (including phenoxy) is 1. The molecular weight excluding hydrogens is 330 g/mol. The highest BCUT2D eigenvalue weighted by Gasteiger charge is 2.28. The molecule has 0 aliphatic carbocycles. The minimum Gasteiger partial charge on any atom is -0.497 e. The van der Waals surface area contributed by atoms with E-state index in [-0.39, 0.29) is 18.5 Å². The summed E-state index contributed by atoms with van der Waals surface area (Å²) in [5.74, 6) is 0.495. The highest BCUT2D eigenvalue weighted by atomic mass is 16.5. The van der Waals surface area contributed by atoms with E-state index in [4.69, 9.17) is 4.74 Å². The molecule has 2 aromatic rings. The number of nitrogens with zero attached hydrogens (tertiary/aromatic N) is 1. The zero-order chi connectivity index (χ0) is 18.4. The maximum absolute atomic E-state index is 12.3. The maximum atomic E-state index is 12.3. The van der Waals surface area contributed by atoms with Gasteiger partial charge in [-0.1, -0.05) is 30.3 Å². The van der Waals surface area contributed by atoms with Crippen LogP contribution in [0.15, 0.2) is 54.6 Å². The molecule has 1 aliphatic heterocycles. The maximum Gasteiger partial charge on any atom is 0.325 e. The number of carbonyl (C=O) groups is 2. The number of hydrogen-bond acceptors (Lipinski definition) is 4. The zero-order valence-electron chi connectivity index (χ0n) is 14.8. The second-order valence-electron chi connectivity index (χ2n) is 6.27. The third-order valence-corrected chi connectivity index (χ3v) is 4.47. The van der Waals surface area contributed by atoms with Crippen LogP contribution < -0.4 is 15.4 Å². The summed E-state index contributed by atoms with van der Waals surface area (Å²) in [6.45, 7) is 1.01. The monoisotopic (exact) mass is 353 g/mol. The first-order valence-corrected chi connectivity index (χ1v) is 8.69. The molecular formula is C20H23N3O3. The van der Waals surface area contributed by atoms with Gasteiger partial charge in [-0.25, -0.2) is 4.79 Å². The number of carbonyl (C=O) groups excluding carboxylic acids is 2. The van der Waals surface area contributed by atoms with Crippen molar-refractivity contribution < 1.29 is 14.3 Å². The highest BCUT2D eigenvalue weighted by Crippen LogP contribution is 2.32. The van der Waals surface area contributed by atoms with Gasteiger partial charge in [-0.2, -0.15) is 0 Å². The third-order valence-electron chi connectivity index (χ3n) is 4.47. The van der Waals surface area contributed by atoms with Crippen LogP contribution in [0.3, 0.4) is 0 Å². The molecule has 26 heavy (non-hydrogen) atoms. The van der Waals surface area contributed by atoms with Crippen LogP contribution in [0.1, 0.15) is 24.4 Å². The minimum absolute atomic E-state index is 0.160. The fraction of sp³-hybridized carbons (Fsp3) is 0.300. The van der Waals surface area contributed by atoms with E-state index in [2.05, 4.69) is 15.5 Å². The Morgan fingerprint density at radius 1 is 1.15 bits per heavy atom. The molecule has 1 heterocycles. The van der Waals surface area contributed by atoms with E-state index in [9.17, 15) is 9.59 Å². The number of benzene rings is 2.